The summed E-state index contributed by atoms with van der Waals surface area (Å²) in [6.07, 6.45) is 5.67. The van der Waals surface area contributed by atoms with Crippen LogP contribution in [0.25, 0.3) is 10.9 Å². The fourth-order valence-corrected chi connectivity index (χ4v) is 4.40. The average Bonchev–Trinajstić information content (AvgIpc) is 3.03. The summed E-state index contributed by atoms with van der Waals surface area (Å²) in [6, 6.07) is 5.70. The highest BCUT2D eigenvalue weighted by Crippen LogP contribution is 2.27. The topological polar surface area (TPSA) is 105 Å². The number of fused-ring (bicyclic) bond motifs is 1. The molecule has 4 rings (SSSR count). The first-order valence-electron chi connectivity index (χ1n) is 10.1. The van der Waals surface area contributed by atoms with Crippen molar-refractivity contribution in [3.63, 3.8) is 0 Å². The Balaban J connectivity index is 1.39. The Kier molecular flexibility index (Phi) is 5.72. The molecule has 0 atom stereocenters. The number of carbonyl (C=O) groups is 2. The van der Waals surface area contributed by atoms with Crippen molar-refractivity contribution in [2.75, 3.05) is 13.1 Å². The Morgan fingerprint density at radius 1 is 1.30 bits per heavy atom. The Bertz CT molecular complexity index is 1100. The number of aromatic nitrogens is 3. The molecule has 1 saturated heterocycles. The second-order valence-corrected chi connectivity index (χ2v) is 8.31. The first-order chi connectivity index (χ1) is 14.4. The lowest BCUT2D eigenvalue weighted by molar-refractivity contribution is -0.131. The summed E-state index contributed by atoms with van der Waals surface area (Å²) >= 11 is 6.15. The van der Waals surface area contributed by atoms with Gasteiger partial charge in [0.25, 0.3) is 5.91 Å². The van der Waals surface area contributed by atoms with Gasteiger partial charge in [-0.2, -0.15) is 0 Å². The van der Waals surface area contributed by atoms with Crippen molar-refractivity contribution < 1.29 is 9.59 Å². The second kappa shape index (κ2) is 8.44. The third-order valence-corrected chi connectivity index (χ3v) is 6.15. The summed E-state index contributed by atoms with van der Waals surface area (Å²) in [4.78, 5) is 37.9. The lowest BCUT2D eigenvalue weighted by Crippen LogP contribution is -2.40. The maximum Gasteiger partial charge on any atom is 0.252 e. The van der Waals surface area contributed by atoms with E-state index in [4.69, 9.17) is 17.3 Å². The molecule has 1 aromatic carbocycles. The van der Waals surface area contributed by atoms with E-state index >= 15 is 0 Å². The Labute approximate surface area is 179 Å². The van der Waals surface area contributed by atoms with E-state index in [2.05, 4.69) is 15.0 Å². The Hall–Kier alpha value is -2.93. The molecule has 1 aliphatic heterocycles. The number of likely N-dealkylation sites (tertiary alicyclic amines) is 1. The molecular formula is C22H24ClN5O2. The normalized spacial score (nSPS) is 14.9. The van der Waals surface area contributed by atoms with Crippen molar-refractivity contribution in [3.05, 3.63) is 58.3 Å². The smallest absolute Gasteiger partial charge is 0.252 e. The van der Waals surface area contributed by atoms with Gasteiger partial charge in [-0.15, -0.1) is 0 Å². The van der Waals surface area contributed by atoms with Crippen LogP contribution in [0.15, 0.2) is 30.7 Å². The van der Waals surface area contributed by atoms with Crippen molar-refractivity contribution in [1.29, 1.82) is 0 Å². The van der Waals surface area contributed by atoms with Gasteiger partial charge in [0.2, 0.25) is 5.91 Å². The lowest BCUT2D eigenvalue weighted by Gasteiger charge is -2.32. The first-order valence-corrected chi connectivity index (χ1v) is 10.4. The van der Waals surface area contributed by atoms with Gasteiger partial charge in [0.15, 0.2) is 0 Å². The van der Waals surface area contributed by atoms with Crippen molar-refractivity contribution in [2.24, 2.45) is 11.7 Å². The number of aryl methyl sites for hydroxylation is 1. The maximum atomic E-state index is 13.0. The third-order valence-electron chi connectivity index (χ3n) is 5.92. The van der Waals surface area contributed by atoms with Gasteiger partial charge in [-0.25, -0.2) is 9.97 Å². The number of H-pyrrole nitrogens is 1. The molecule has 0 radical (unpaired) electrons. The van der Waals surface area contributed by atoms with Crippen LogP contribution in [0.3, 0.4) is 0 Å². The van der Waals surface area contributed by atoms with E-state index in [1.165, 1.54) is 12.5 Å². The minimum atomic E-state index is -0.507. The van der Waals surface area contributed by atoms with Gasteiger partial charge < -0.3 is 15.6 Å². The third kappa shape index (κ3) is 4.16. The van der Waals surface area contributed by atoms with E-state index in [1.807, 2.05) is 30.0 Å². The molecule has 0 aliphatic carbocycles. The van der Waals surface area contributed by atoms with E-state index in [0.29, 0.717) is 48.1 Å². The van der Waals surface area contributed by atoms with Crippen molar-refractivity contribution in [3.8, 4) is 0 Å². The van der Waals surface area contributed by atoms with E-state index in [9.17, 15) is 9.59 Å². The van der Waals surface area contributed by atoms with E-state index in [0.717, 1.165) is 35.0 Å². The predicted molar refractivity (Wildman–Crippen MR) is 115 cm³/mol. The van der Waals surface area contributed by atoms with Crippen LogP contribution in [-0.2, 0) is 17.6 Å². The highest BCUT2D eigenvalue weighted by molar-refractivity contribution is 6.31. The molecule has 0 spiro atoms. The zero-order valence-corrected chi connectivity index (χ0v) is 17.6. The van der Waals surface area contributed by atoms with Crippen molar-refractivity contribution >= 4 is 34.3 Å². The average molecular weight is 426 g/mol. The van der Waals surface area contributed by atoms with Crippen molar-refractivity contribution in [1.82, 2.24) is 19.9 Å². The quantitative estimate of drug-likeness (QED) is 0.655. The molecule has 3 N–H and O–H groups in total. The summed E-state index contributed by atoms with van der Waals surface area (Å²) < 4.78 is 0. The molecule has 2 amide bonds. The SMILES string of the molecule is Cc1[nH]c2ccc(Cl)cc2c1CC(=O)N1CCC(Cc2ncncc2C(N)=O)CC1. The van der Waals surface area contributed by atoms with Crippen LogP contribution < -0.4 is 5.73 Å². The van der Waals surface area contributed by atoms with E-state index in [-0.39, 0.29) is 5.91 Å². The molecule has 8 heteroatoms. The molecule has 3 heterocycles. The monoisotopic (exact) mass is 425 g/mol. The molecule has 1 aliphatic rings. The number of carbonyl (C=O) groups excluding carboxylic acids is 2. The van der Waals surface area contributed by atoms with Gasteiger partial charge in [0.05, 0.1) is 17.7 Å². The summed E-state index contributed by atoms with van der Waals surface area (Å²) in [5.41, 5.74) is 9.49. The molecule has 1 fully saturated rings. The molecule has 3 aromatic rings. The van der Waals surface area contributed by atoms with Crippen LogP contribution in [0.4, 0.5) is 0 Å². The highest BCUT2D eigenvalue weighted by Gasteiger charge is 2.25. The standard InChI is InChI=1S/C22H24ClN5O2/c1-13-16(17-9-15(23)2-3-19(17)27-13)10-21(29)28-6-4-14(5-7-28)8-20-18(22(24)30)11-25-12-26-20/h2-3,9,11-12,14,27H,4-8,10H2,1H3,(H2,24,30). The zero-order valence-electron chi connectivity index (χ0n) is 16.8. The fourth-order valence-electron chi connectivity index (χ4n) is 4.23. The van der Waals surface area contributed by atoms with Gasteiger partial charge in [0, 0.05) is 40.9 Å². The number of nitrogens with zero attached hydrogens (tertiary/aromatic N) is 3. The van der Waals surface area contributed by atoms with Gasteiger partial charge in [-0.1, -0.05) is 11.6 Å². The van der Waals surface area contributed by atoms with Gasteiger partial charge in [-0.3, -0.25) is 9.59 Å². The number of nitrogens with one attached hydrogen (secondary N) is 1. The van der Waals surface area contributed by atoms with Crippen LogP contribution in [0.1, 0.15) is 40.2 Å². The summed E-state index contributed by atoms with van der Waals surface area (Å²) in [6.45, 7) is 3.38. The number of hydrogen-bond donors (Lipinski definition) is 2. The minimum absolute atomic E-state index is 0.122. The molecule has 30 heavy (non-hydrogen) atoms. The van der Waals surface area contributed by atoms with Gasteiger partial charge >= 0.3 is 0 Å². The number of amides is 2. The number of primary amides is 1. The van der Waals surface area contributed by atoms with Crippen LogP contribution in [0, 0.1) is 12.8 Å². The van der Waals surface area contributed by atoms with Crippen LogP contribution in [0.2, 0.25) is 5.02 Å². The maximum absolute atomic E-state index is 13.0. The second-order valence-electron chi connectivity index (χ2n) is 7.87. The minimum Gasteiger partial charge on any atom is -0.365 e. The number of halogens is 1. The van der Waals surface area contributed by atoms with Crippen LogP contribution >= 0.6 is 11.6 Å². The number of piperidine rings is 1. The molecule has 2 aromatic heterocycles. The first kappa shape index (κ1) is 20.3. The molecule has 156 valence electrons. The summed E-state index contributed by atoms with van der Waals surface area (Å²) in [5, 5.41) is 1.67. The molecule has 0 bridgehead atoms. The van der Waals surface area contributed by atoms with Gasteiger partial charge in [-0.05, 0) is 55.9 Å². The molecule has 0 saturated carbocycles. The number of aromatic amines is 1. The van der Waals surface area contributed by atoms with E-state index in [1.54, 1.807) is 0 Å². The molecule has 0 unspecified atom stereocenters. The zero-order chi connectivity index (χ0) is 21.3. The predicted octanol–water partition coefficient (Wildman–Crippen LogP) is 3.04. The Morgan fingerprint density at radius 2 is 2.07 bits per heavy atom. The van der Waals surface area contributed by atoms with Crippen molar-refractivity contribution in [2.45, 2.75) is 32.6 Å². The molecule has 7 nitrogen and oxygen atoms in total. The largest absolute Gasteiger partial charge is 0.365 e. The number of nitrogens with two attached hydrogens (primary N) is 1. The number of rotatable bonds is 5. The number of hydrogen-bond acceptors (Lipinski definition) is 4. The van der Waals surface area contributed by atoms with Crippen LogP contribution in [-0.4, -0.2) is 44.8 Å². The van der Waals surface area contributed by atoms with Crippen LogP contribution in [0.5, 0.6) is 0 Å². The van der Waals surface area contributed by atoms with Gasteiger partial charge in [0.1, 0.15) is 6.33 Å². The fraction of sp³-hybridized carbons (Fsp3) is 0.364. The van der Waals surface area contributed by atoms with E-state index < -0.39 is 5.91 Å². The lowest BCUT2D eigenvalue weighted by atomic mass is 9.90. The number of benzene rings is 1. The summed E-state index contributed by atoms with van der Waals surface area (Å²) in [5.74, 6) is -0.0274. The summed E-state index contributed by atoms with van der Waals surface area (Å²) in [7, 11) is 0. The molecular weight excluding hydrogens is 402 g/mol. The highest BCUT2D eigenvalue weighted by atomic mass is 35.5. The Morgan fingerprint density at radius 3 is 2.80 bits per heavy atom.